The third-order valence-corrected chi connectivity index (χ3v) is 5.23. The molecule has 3 aromatic rings. The number of carbonyl (C=O) groups is 2. The van der Waals surface area contributed by atoms with E-state index in [-0.39, 0.29) is 0 Å². The highest BCUT2D eigenvalue weighted by molar-refractivity contribution is 6.35. The largest absolute Gasteiger partial charge is 0.447 e. The van der Waals surface area contributed by atoms with Gasteiger partial charge >= 0.3 is 5.97 Å². The average Bonchev–Trinajstić information content (AvgIpc) is 3.29. The number of amides is 1. The number of benzene rings is 2. The summed E-state index contributed by atoms with van der Waals surface area (Å²) in [7, 11) is 0. The number of fused-ring (bicyclic) bond motifs is 1. The number of nitrogens with zero attached hydrogens (tertiary/aromatic N) is 1. The lowest BCUT2D eigenvalue weighted by molar-refractivity contribution is -0.156. The summed E-state index contributed by atoms with van der Waals surface area (Å²) in [6.07, 6.45) is 1.96. The second-order valence-electron chi connectivity index (χ2n) is 6.78. The van der Waals surface area contributed by atoms with E-state index >= 15 is 0 Å². The van der Waals surface area contributed by atoms with Crippen LogP contribution in [0, 0.1) is 0 Å². The van der Waals surface area contributed by atoms with Gasteiger partial charge in [0, 0.05) is 21.3 Å². The van der Waals surface area contributed by atoms with Crippen LogP contribution in [0.25, 0.3) is 0 Å². The van der Waals surface area contributed by atoms with E-state index in [1.165, 1.54) is 0 Å². The molecule has 1 aliphatic rings. The molecule has 2 aromatic carbocycles. The highest BCUT2D eigenvalue weighted by Gasteiger charge is 2.35. The van der Waals surface area contributed by atoms with Gasteiger partial charge in [0.15, 0.2) is 0 Å². The van der Waals surface area contributed by atoms with Crippen LogP contribution in [0.5, 0.6) is 0 Å². The normalized spacial score (nSPS) is 16.1. The number of nitrogens with one attached hydrogen (secondary N) is 2. The van der Waals surface area contributed by atoms with Crippen molar-refractivity contribution in [2.45, 2.75) is 24.9 Å². The Hall–Kier alpha value is -2.83. The molecule has 1 amide bonds. The summed E-state index contributed by atoms with van der Waals surface area (Å²) in [6, 6.07) is 13.6. The van der Waals surface area contributed by atoms with Crippen LogP contribution in [0.15, 0.2) is 54.7 Å². The van der Waals surface area contributed by atoms with Gasteiger partial charge in [-0.2, -0.15) is 5.10 Å². The van der Waals surface area contributed by atoms with Gasteiger partial charge in [-0.15, -0.1) is 0 Å². The van der Waals surface area contributed by atoms with Crippen LogP contribution >= 0.6 is 23.2 Å². The summed E-state index contributed by atoms with van der Waals surface area (Å²) in [6.45, 7) is 0. The fourth-order valence-corrected chi connectivity index (χ4v) is 3.96. The van der Waals surface area contributed by atoms with Crippen LogP contribution in [0.3, 0.4) is 0 Å². The fourth-order valence-electron chi connectivity index (χ4n) is 3.43. The van der Waals surface area contributed by atoms with Gasteiger partial charge in [-0.25, -0.2) is 0 Å². The second kappa shape index (κ2) is 8.27. The number of rotatable bonds is 5. The monoisotopic (exact) mass is 429 g/mol. The summed E-state index contributed by atoms with van der Waals surface area (Å²) in [4.78, 5) is 25.8. The predicted octanol–water partition coefficient (Wildman–Crippen LogP) is 4.67. The Morgan fingerprint density at radius 1 is 1.14 bits per heavy atom. The third-order valence-electron chi connectivity index (χ3n) is 4.79. The summed E-state index contributed by atoms with van der Waals surface area (Å²) in [5.74, 6) is -1.43. The Balaban J connectivity index is 1.57. The highest BCUT2D eigenvalue weighted by Crippen LogP contribution is 2.34. The summed E-state index contributed by atoms with van der Waals surface area (Å²) < 4.78 is 5.68. The van der Waals surface area contributed by atoms with Crippen LogP contribution < -0.4 is 5.32 Å². The lowest BCUT2D eigenvalue weighted by Crippen LogP contribution is -2.27. The number of ether oxygens (including phenoxy) is 1. The maximum Gasteiger partial charge on any atom is 0.316 e. The minimum atomic E-state index is -1.12. The van der Waals surface area contributed by atoms with E-state index in [0.29, 0.717) is 27.7 Å². The molecule has 148 valence electrons. The Labute approximate surface area is 177 Å². The van der Waals surface area contributed by atoms with E-state index in [9.17, 15) is 9.59 Å². The molecule has 1 aliphatic carbocycles. The van der Waals surface area contributed by atoms with E-state index in [0.717, 1.165) is 17.7 Å². The number of aromatic nitrogens is 2. The van der Waals surface area contributed by atoms with Crippen molar-refractivity contribution < 1.29 is 14.3 Å². The number of carbonyl (C=O) groups excluding carboxylic acids is 2. The maximum absolute atomic E-state index is 13.0. The first kappa shape index (κ1) is 19.5. The minimum Gasteiger partial charge on any atom is -0.447 e. The molecule has 0 saturated heterocycles. The Morgan fingerprint density at radius 3 is 2.59 bits per heavy atom. The molecule has 0 spiro atoms. The van der Waals surface area contributed by atoms with Crippen molar-refractivity contribution >= 4 is 40.8 Å². The summed E-state index contributed by atoms with van der Waals surface area (Å²) >= 11 is 12.0. The SMILES string of the molecule is O=C(OC(C(=O)Nc1cc(Cl)cc(Cl)c1)c1ccccc1)C1CCc2cn[nH]c21. The van der Waals surface area contributed by atoms with Gasteiger partial charge in [0.25, 0.3) is 5.91 Å². The number of aryl methyl sites for hydroxylation is 1. The van der Waals surface area contributed by atoms with Crippen molar-refractivity contribution in [1.82, 2.24) is 10.2 Å². The molecule has 0 aliphatic heterocycles. The Morgan fingerprint density at radius 2 is 1.86 bits per heavy atom. The lowest BCUT2D eigenvalue weighted by atomic mass is 10.1. The van der Waals surface area contributed by atoms with E-state index in [4.69, 9.17) is 27.9 Å². The first-order valence-corrected chi connectivity index (χ1v) is 9.81. The van der Waals surface area contributed by atoms with Crippen molar-refractivity contribution in [2.75, 3.05) is 5.32 Å². The van der Waals surface area contributed by atoms with Gasteiger partial charge < -0.3 is 10.1 Å². The van der Waals surface area contributed by atoms with Crippen LogP contribution in [0.2, 0.25) is 10.0 Å². The van der Waals surface area contributed by atoms with Crippen LogP contribution in [-0.2, 0) is 20.7 Å². The second-order valence-corrected chi connectivity index (χ2v) is 7.65. The molecule has 0 radical (unpaired) electrons. The maximum atomic E-state index is 13.0. The number of hydrogen-bond acceptors (Lipinski definition) is 4. The summed E-state index contributed by atoms with van der Waals surface area (Å²) in [5, 5.41) is 10.3. The Kier molecular flexibility index (Phi) is 5.56. The molecular formula is C21H17Cl2N3O3. The van der Waals surface area contributed by atoms with Crippen molar-refractivity contribution in [1.29, 1.82) is 0 Å². The third kappa shape index (κ3) is 4.28. The molecule has 1 aromatic heterocycles. The lowest BCUT2D eigenvalue weighted by Gasteiger charge is -2.20. The fraction of sp³-hybridized carbons (Fsp3) is 0.190. The molecule has 6 nitrogen and oxygen atoms in total. The van der Waals surface area contributed by atoms with Crippen LogP contribution in [-0.4, -0.2) is 22.1 Å². The molecule has 0 fully saturated rings. The molecular weight excluding hydrogens is 413 g/mol. The Bertz CT molecular complexity index is 1030. The topological polar surface area (TPSA) is 84.1 Å². The molecule has 2 N–H and O–H groups in total. The van der Waals surface area contributed by atoms with Gasteiger partial charge in [-0.05, 0) is 36.6 Å². The van der Waals surface area contributed by atoms with Gasteiger partial charge in [-0.3, -0.25) is 14.7 Å². The zero-order valence-electron chi connectivity index (χ0n) is 15.2. The van der Waals surface area contributed by atoms with Gasteiger partial charge in [0.2, 0.25) is 6.10 Å². The van der Waals surface area contributed by atoms with Crippen molar-refractivity contribution in [3.05, 3.63) is 81.6 Å². The van der Waals surface area contributed by atoms with Gasteiger partial charge in [-0.1, -0.05) is 53.5 Å². The predicted molar refractivity (Wildman–Crippen MR) is 110 cm³/mol. The standard InChI is InChI=1S/C21H17Cl2N3O3/c22-14-8-15(23)10-16(9-14)25-20(27)19(12-4-2-1-3-5-12)29-21(28)17-7-6-13-11-24-26-18(13)17/h1-5,8-11,17,19H,6-7H2,(H,24,26)(H,25,27). The summed E-state index contributed by atoms with van der Waals surface area (Å²) in [5.41, 5.74) is 2.74. The number of anilines is 1. The number of halogens is 2. The molecule has 0 saturated carbocycles. The van der Waals surface area contributed by atoms with Crippen LogP contribution in [0.4, 0.5) is 5.69 Å². The number of esters is 1. The van der Waals surface area contributed by atoms with Crippen molar-refractivity contribution in [3.63, 3.8) is 0 Å². The molecule has 1 heterocycles. The molecule has 2 atom stereocenters. The molecule has 29 heavy (non-hydrogen) atoms. The van der Waals surface area contributed by atoms with E-state index in [1.807, 2.05) is 6.07 Å². The molecule has 2 unspecified atom stereocenters. The number of hydrogen-bond donors (Lipinski definition) is 2. The van der Waals surface area contributed by atoms with E-state index < -0.39 is 23.9 Å². The number of H-pyrrole nitrogens is 1. The molecule has 0 bridgehead atoms. The smallest absolute Gasteiger partial charge is 0.316 e. The minimum absolute atomic E-state index is 0.388. The average molecular weight is 430 g/mol. The quantitative estimate of drug-likeness (QED) is 0.577. The zero-order valence-corrected chi connectivity index (χ0v) is 16.7. The van der Waals surface area contributed by atoms with Gasteiger partial charge in [0.05, 0.1) is 17.8 Å². The first-order valence-electron chi connectivity index (χ1n) is 9.06. The highest BCUT2D eigenvalue weighted by atomic mass is 35.5. The van der Waals surface area contributed by atoms with Crippen molar-refractivity contribution in [3.8, 4) is 0 Å². The van der Waals surface area contributed by atoms with Crippen molar-refractivity contribution in [2.24, 2.45) is 0 Å². The molecule has 8 heteroatoms. The number of aromatic amines is 1. The zero-order chi connectivity index (χ0) is 20.4. The van der Waals surface area contributed by atoms with E-state index in [1.54, 1.807) is 48.7 Å². The van der Waals surface area contributed by atoms with E-state index in [2.05, 4.69) is 15.5 Å². The first-order chi connectivity index (χ1) is 14.0. The van der Waals surface area contributed by atoms with Gasteiger partial charge in [0.1, 0.15) is 0 Å². The van der Waals surface area contributed by atoms with Crippen LogP contribution in [0.1, 0.15) is 35.3 Å². The molecule has 4 rings (SSSR count).